The van der Waals surface area contributed by atoms with Gasteiger partial charge in [-0.15, -0.1) is 0 Å². The molecule has 0 spiro atoms. The predicted octanol–water partition coefficient (Wildman–Crippen LogP) is 5.19. The maximum absolute atomic E-state index is 13.7. The van der Waals surface area contributed by atoms with E-state index in [0.29, 0.717) is 46.6 Å². The number of benzene rings is 3. The minimum atomic E-state index is -0.415. The van der Waals surface area contributed by atoms with Crippen molar-refractivity contribution in [2.75, 3.05) is 18.7 Å². The summed E-state index contributed by atoms with van der Waals surface area (Å²) >= 11 is 0. The van der Waals surface area contributed by atoms with Gasteiger partial charge < -0.3 is 24.8 Å². The van der Waals surface area contributed by atoms with Gasteiger partial charge in [-0.25, -0.2) is 0 Å². The van der Waals surface area contributed by atoms with Crippen molar-refractivity contribution in [3.05, 3.63) is 94.4 Å². The normalized spacial score (nSPS) is 11.9. The highest BCUT2D eigenvalue weighted by atomic mass is 16.7. The molecule has 0 atom stereocenters. The summed E-state index contributed by atoms with van der Waals surface area (Å²) in [5.74, 6) is 1.98. The molecule has 9 nitrogen and oxygen atoms in total. The summed E-state index contributed by atoms with van der Waals surface area (Å²) in [5.41, 5.74) is 2.45. The lowest BCUT2D eigenvalue weighted by Crippen LogP contribution is -2.27. The number of nitrogens with one attached hydrogen (secondary N) is 2. The monoisotopic (exact) mass is 512 g/mol. The van der Waals surface area contributed by atoms with Gasteiger partial charge in [0.05, 0.1) is 11.9 Å². The predicted molar refractivity (Wildman–Crippen MR) is 144 cm³/mol. The van der Waals surface area contributed by atoms with Crippen LogP contribution in [-0.4, -0.2) is 29.0 Å². The average Bonchev–Trinajstić information content (AvgIpc) is 3.38. The summed E-state index contributed by atoms with van der Waals surface area (Å²) in [7, 11) is 0. The van der Waals surface area contributed by atoms with E-state index in [4.69, 9.17) is 14.2 Å². The van der Waals surface area contributed by atoms with Gasteiger partial charge in [-0.2, -0.15) is 9.78 Å². The van der Waals surface area contributed by atoms with E-state index in [0.717, 1.165) is 5.56 Å². The lowest BCUT2D eigenvalue weighted by Gasteiger charge is -2.15. The number of nitrogens with zero attached hydrogens (tertiary/aromatic N) is 2. The Kier molecular flexibility index (Phi) is 6.99. The van der Waals surface area contributed by atoms with Gasteiger partial charge in [0.25, 0.3) is 11.5 Å². The first kappa shape index (κ1) is 24.9. The zero-order chi connectivity index (χ0) is 26.6. The molecule has 0 unspecified atom stereocenters. The van der Waals surface area contributed by atoms with Crippen LogP contribution < -0.4 is 30.4 Å². The average molecular weight is 513 g/mol. The number of hydrogen-bond acceptors (Lipinski definition) is 7. The van der Waals surface area contributed by atoms with Crippen LogP contribution in [0.5, 0.6) is 23.0 Å². The Bertz CT molecular complexity index is 1530. The maximum atomic E-state index is 13.7. The van der Waals surface area contributed by atoms with E-state index < -0.39 is 5.56 Å². The van der Waals surface area contributed by atoms with Crippen LogP contribution in [0.15, 0.2) is 77.7 Å². The molecule has 194 valence electrons. The Balaban J connectivity index is 1.51. The second-order valence-corrected chi connectivity index (χ2v) is 9.36. The summed E-state index contributed by atoms with van der Waals surface area (Å²) in [5, 5.41) is 10.4. The minimum Gasteiger partial charge on any atom is -0.454 e. The van der Waals surface area contributed by atoms with Gasteiger partial charge in [-0.3, -0.25) is 9.59 Å². The topological polar surface area (TPSA) is 104 Å². The van der Waals surface area contributed by atoms with Gasteiger partial charge in [0.2, 0.25) is 6.79 Å². The van der Waals surface area contributed by atoms with Crippen LogP contribution in [-0.2, 0) is 0 Å². The molecule has 0 saturated heterocycles. The first-order chi connectivity index (χ1) is 18.4. The molecule has 3 aromatic carbocycles. The third-order valence-corrected chi connectivity index (χ3v) is 5.86. The molecule has 0 bridgehead atoms. The maximum Gasteiger partial charge on any atom is 0.299 e. The Morgan fingerprint density at radius 2 is 1.84 bits per heavy atom. The van der Waals surface area contributed by atoms with Crippen molar-refractivity contribution in [1.82, 2.24) is 15.1 Å². The van der Waals surface area contributed by atoms with Gasteiger partial charge >= 0.3 is 0 Å². The number of aromatic nitrogens is 2. The van der Waals surface area contributed by atoms with Crippen LogP contribution in [0.3, 0.4) is 0 Å². The highest BCUT2D eigenvalue weighted by Gasteiger charge is 2.19. The molecular formula is C29H28N4O5. The van der Waals surface area contributed by atoms with Crippen LogP contribution in [0, 0.1) is 12.8 Å². The van der Waals surface area contributed by atoms with Gasteiger partial charge in [-0.05, 0) is 55.3 Å². The van der Waals surface area contributed by atoms with Gasteiger partial charge in [0, 0.05) is 23.9 Å². The number of fused-ring (bicyclic) bond motifs is 1. The second-order valence-electron chi connectivity index (χ2n) is 9.36. The van der Waals surface area contributed by atoms with Gasteiger partial charge in [-0.1, -0.05) is 37.6 Å². The fraction of sp³-hybridized carbons (Fsp3) is 0.207. The SMILES string of the molecule is Cc1ccc(-n2ncc(Oc3ccc4c(c3)OCO4)c(Nc3cccc(C(=O)NCC(C)C)c3)c2=O)cc1. The van der Waals surface area contributed by atoms with Crippen molar-refractivity contribution in [1.29, 1.82) is 0 Å². The molecule has 1 amide bonds. The Labute approximate surface area is 220 Å². The molecule has 4 aromatic rings. The molecule has 0 fully saturated rings. The third-order valence-electron chi connectivity index (χ3n) is 5.86. The van der Waals surface area contributed by atoms with E-state index in [-0.39, 0.29) is 24.1 Å². The molecule has 9 heteroatoms. The fourth-order valence-corrected chi connectivity index (χ4v) is 3.85. The van der Waals surface area contributed by atoms with Gasteiger partial charge in [0.15, 0.2) is 22.9 Å². The molecule has 0 aliphatic carbocycles. The van der Waals surface area contributed by atoms with Crippen molar-refractivity contribution < 1.29 is 19.0 Å². The molecule has 0 radical (unpaired) electrons. The minimum absolute atomic E-state index is 0.140. The molecule has 1 aliphatic heterocycles. The Morgan fingerprint density at radius 1 is 1.05 bits per heavy atom. The number of aryl methyl sites for hydroxylation is 1. The second kappa shape index (κ2) is 10.7. The summed E-state index contributed by atoms with van der Waals surface area (Å²) in [6.45, 7) is 6.74. The quantitative estimate of drug-likeness (QED) is 0.335. The molecule has 2 N–H and O–H groups in total. The zero-order valence-electron chi connectivity index (χ0n) is 21.4. The molecule has 2 heterocycles. The van der Waals surface area contributed by atoms with E-state index in [1.54, 1.807) is 42.5 Å². The molecule has 5 rings (SSSR count). The van der Waals surface area contributed by atoms with Crippen molar-refractivity contribution >= 4 is 17.3 Å². The molecular weight excluding hydrogens is 484 g/mol. The number of amides is 1. The highest BCUT2D eigenvalue weighted by molar-refractivity contribution is 5.95. The number of hydrogen-bond donors (Lipinski definition) is 2. The van der Waals surface area contributed by atoms with Crippen LogP contribution >= 0.6 is 0 Å². The Morgan fingerprint density at radius 3 is 2.63 bits per heavy atom. The van der Waals surface area contributed by atoms with E-state index >= 15 is 0 Å². The number of ether oxygens (including phenoxy) is 3. The summed E-state index contributed by atoms with van der Waals surface area (Å²) in [4.78, 5) is 26.3. The van der Waals surface area contributed by atoms with E-state index in [1.165, 1.54) is 10.9 Å². The van der Waals surface area contributed by atoms with E-state index in [2.05, 4.69) is 15.7 Å². The highest BCUT2D eigenvalue weighted by Crippen LogP contribution is 2.37. The van der Waals surface area contributed by atoms with Crippen molar-refractivity contribution in [2.45, 2.75) is 20.8 Å². The third kappa shape index (κ3) is 5.46. The van der Waals surface area contributed by atoms with Crippen LogP contribution in [0.4, 0.5) is 11.4 Å². The molecule has 0 saturated carbocycles. The van der Waals surface area contributed by atoms with Crippen molar-refractivity contribution in [3.63, 3.8) is 0 Å². The van der Waals surface area contributed by atoms with Crippen molar-refractivity contribution in [2.24, 2.45) is 5.92 Å². The molecule has 1 aromatic heterocycles. The van der Waals surface area contributed by atoms with Crippen LogP contribution in [0.2, 0.25) is 0 Å². The lowest BCUT2D eigenvalue weighted by atomic mass is 10.1. The number of anilines is 2. The summed E-state index contributed by atoms with van der Waals surface area (Å²) < 4.78 is 18.2. The number of rotatable bonds is 8. The summed E-state index contributed by atoms with van der Waals surface area (Å²) in [6.07, 6.45) is 1.48. The first-order valence-corrected chi connectivity index (χ1v) is 12.3. The van der Waals surface area contributed by atoms with Crippen LogP contribution in [0.25, 0.3) is 5.69 Å². The number of carbonyl (C=O) groups is 1. The smallest absolute Gasteiger partial charge is 0.299 e. The standard InChI is InChI=1S/C29H28N4O5/c1-18(2)15-30-28(34)20-5-4-6-21(13-20)32-27-26(38-23-11-12-24-25(14-23)37-17-36-24)16-31-33(29(27)35)22-9-7-19(3)8-10-22/h4-14,16,18,32H,15,17H2,1-3H3,(H,30,34). The fourth-order valence-electron chi connectivity index (χ4n) is 3.85. The van der Waals surface area contributed by atoms with Crippen molar-refractivity contribution in [3.8, 4) is 28.7 Å². The van der Waals surface area contributed by atoms with Gasteiger partial charge in [0.1, 0.15) is 5.75 Å². The van der Waals surface area contributed by atoms with Crippen LogP contribution in [0.1, 0.15) is 29.8 Å². The van der Waals surface area contributed by atoms with E-state index in [9.17, 15) is 9.59 Å². The molecule has 38 heavy (non-hydrogen) atoms. The first-order valence-electron chi connectivity index (χ1n) is 12.3. The zero-order valence-corrected chi connectivity index (χ0v) is 21.4. The lowest BCUT2D eigenvalue weighted by molar-refractivity contribution is 0.0949. The number of carbonyl (C=O) groups excluding carboxylic acids is 1. The molecule has 1 aliphatic rings. The Hall–Kier alpha value is -4.79. The summed E-state index contributed by atoms with van der Waals surface area (Å²) in [6, 6.07) is 19.6. The van der Waals surface area contributed by atoms with E-state index in [1.807, 2.05) is 45.0 Å². The largest absolute Gasteiger partial charge is 0.454 e.